The molecule has 3 N–H and O–H groups in total. The third-order valence-corrected chi connectivity index (χ3v) is 4.27. The van der Waals surface area contributed by atoms with Gasteiger partial charge in [0.2, 0.25) is 0 Å². The molecule has 1 heterocycles. The fraction of sp³-hybridized carbons (Fsp3) is 0.667. The van der Waals surface area contributed by atoms with E-state index in [1.165, 1.54) is 11.3 Å². The Morgan fingerprint density at radius 2 is 2.30 bits per heavy atom. The number of nitrogens with one attached hydrogen (secondary N) is 1. The molecule has 0 aliphatic heterocycles. The maximum atomic E-state index is 12.0. The van der Waals surface area contributed by atoms with Crippen LogP contribution in [-0.4, -0.2) is 25.5 Å². The summed E-state index contributed by atoms with van der Waals surface area (Å²) in [6, 6.07) is 1.87. The van der Waals surface area contributed by atoms with Gasteiger partial charge in [0.15, 0.2) is 5.78 Å². The van der Waals surface area contributed by atoms with Crippen LogP contribution in [-0.2, 0) is 4.74 Å². The Morgan fingerprint density at radius 3 is 2.95 bits per heavy atom. The van der Waals surface area contributed by atoms with E-state index >= 15 is 0 Å². The third-order valence-electron chi connectivity index (χ3n) is 3.15. The van der Waals surface area contributed by atoms with Gasteiger partial charge in [-0.25, -0.2) is 0 Å². The van der Waals surface area contributed by atoms with Gasteiger partial charge in [-0.05, 0) is 31.2 Å². The lowest BCUT2D eigenvalue weighted by Gasteiger charge is -2.07. The van der Waals surface area contributed by atoms with Gasteiger partial charge >= 0.3 is 0 Å². The number of thiophene rings is 1. The quantitative estimate of drug-likeness (QED) is 0.541. The summed E-state index contributed by atoms with van der Waals surface area (Å²) < 4.78 is 5.52. The zero-order valence-electron chi connectivity index (χ0n) is 12.3. The third kappa shape index (κ3) is 4.49. The summed E-state index contributed by atoms with van der Waals surface area (Å²) in [5, 5.41) is 4.30. The minimum Gasteiger partial charge on any atom is -0.397 e. The fourth-order valence-corrected chi connectivity index (χ4v) is 2.94. The van der Waals surface area contributed by atoms with Gasteiger partial charge in [-0.2, -0.15) is 0 Å². The molecule has 0 unspecified atom stereocenters. The van der Waals surface area contributed by atoms with E-state index in [1.54, 1.807) is 0 Å². The van der Waals surface area contributed by atoms with Crippen LogP contribution < -0.4 is 11.1 Å². The van der Waals surface area contributed by atoms with Crippen molar-refractivity contribution in [3.8, 4) is 0 Å². The molecule has 1 aliphatic rings. The van der Waals surface area contributed by atoms with E-state index < -0.39 is 0 Å². The molecule has 0 amide bonds. The molecule has 0 atom stereocenters. The van der Waals surface area contributed by atoms with Crippen molar-refractivity contribution in [1.29, 1.82) is 0 Å². The van der Waals surface area contributed by atoms with Crippen molar-refractivity contribution in [2.24, 2.45) is 11.8 Å². The van der Waals surface area contributed by atoms with Gasteiger partial charge in [-0.1, -0.05) is 13.8 Å². The Hall–Kier alpha value is -1.07. The number of nitrogens with two attached hydrogens (primary N) is 1. The monoisotopic (exact) mass is 296 g/mol. The standard InChI is InChI=1S/C15H24N2O2S/c1-10(2)9-19-7-3-6-17-13-8-12(16)15(20-13)14(18)11-4-5-11/h8,10-11,17H,3-7,9,16H2,1-2H3. The van der Waals surface area contributed by atoms with Crippen LogP contribution in [0.15, 0.2) is 6.07 Å². The van der Waals surface area contributed by atoms with Crippen LogP contribution in [0.3, 0.4) is 0 Å². The van der Waals surface area contributed by atoms with Crippen LogP contribution in [0.25, 0.3) is 0 Å². The van der Waals surface area contributed by atoms with E-state index in [0.29, 0.717) is 11.6 Å². The Balaban J connectivity index is 1.71. The highest BCUT2D eigenvalue weighted by molar-refractivity contribution is 7.18. The van der Waals surface area contributed by atoms with Crippen molar-refractivity contribution in [3.05, 3.63) is 10.9 Å². The van der Waals surface area contributed by atoms with E-state index in [4.69, 9.17) is 10.5 Å². The summed E-state index contributed by atoms with van der Waals surface area (Å²) >= 11 is 1.48. The van der Waals surface area contributed by atoms with Gasteiger partial charge in [-0.15, -0.1) is 11.3 Å². The van der Waals surface area contributed by atoms with Gasteiger partial charge in [0.1, 0.15) is 0 Å². The number of ether oxygens (including phenoxy) is 1. The first-order valence-electron chi connectivity index (χ1n) is 7.33. The van der Waals surface area contributed by atoms with Crippen LogP contribution in [0, 0.1) is 11.8 Å². The first-order valence-corrected chi connectivity index (χ1v) is 8.14. The van der Waals surface area contributed by atoms with Gasteiger partial charge in [0.25, 0.3) is 0 Å². The molecule has 112 valence electrons. The largest absolute Gasteiger partial charge is 0.397 e. The van der Waals surface area contributed by atoms with E-state index in [1.807, 2.05) is 6.07 Å². The second kappa shape index (κ2) is 7.09. The summed E-state index contributed by atoms with van der Waals surface area (Å²) in [5.41, 5.74) is 6.53. The minimum absolute atomic E-state index is 0.223. The number of nitrogen functional groups attached to an aromatic ring is 1. The summed E-state index contributed by atoms with van der Waals surface area (Å²) in [5.74, 6) is 1.03. The second-order valence-corrected chi connectivity index (χ2v) is 6.83. The second-order valence-electron chi connectivity index (χ2n) is 5.78. The lowest BCUT2D eigenvalue weighted by molar-refractivity contribution is 0.0972. The lowest BCUT2D eigenvalue weighted by atomic mass is 10.2. The number of Topliss-reactive ketones (excluding diaryl/α,β-unsaturated/α-hetero) is 1. The van der Waals surface area contributed by atoms with Gasteiger partial charge in [0.05, 0.1) is 15.6 Å². The topological polar surface area (TPSA) is 64.3 Å². The Labute approximate surface area is 124 Å². The Kier molecular flexibility index (Phi) is 5.43. The molecule has 1 aromatic heterocycles. The van der Waals surface area contributed by atoms with Crippen LogP contribution >= 0.6 is 11.3 Å². The first kappa shape index (κ1) is 15.3. The first-order chi connectivity index (χ1) is 9.58. The molecule has 0 saturated heterocycles. The number of hydrogen-bond acceptors (Lipinski definition) is 5. The molecular formula is C15H24N2O2S. The number of carbonyl (C=O) groups excluding carboxylic acids is 1. The molecule has 0 radical (unpaired) electrons. The Bertz CT molecular complexity index is 453. The maximum Gasteiger partial charge on any atom is 0.178 e. The molecule has 2 rings (SSSR count). The van der Waals surface area contributed by atoms with E-state index in [2.05, 4.69) is 19.2 Å². The van der Waals surface area contributed by atoms with Crippen molar-refractivity contribution in [3.63, 3.8) is 0 Å². The zero-order chi connectivity index (χ0) is 14.5. The normalized spacial score (nSPS) is 14.8. The average molecular weight is 296 g/mol. The number of ketones is 1. The summed E-state index contributed by atoms with van der Waals surface area (Å²) in [7, 11) is 0. The van der Waals surface area contributed by atoms with Crippen molar-refractivity contribution in [2.45, 2.75) is 33.1 Å². The van der Waals surface area contributed by atoms with E-state index in [-0.39, 0.29) is 11.7 Å². The van der Waals surface area contributed by atoms with Crippen LogP contribution in [0.5, 0.6) is 0 Å². The van der Waals surface area contributed by atoms with Crippen molar-refractivity contribution < 1.29 is 9.53 Å². The number of rotatable bonds is 9. The maximum absolute atomic E-state index is 12.0. The Morgan fingerprint density at radius 1 is 1.55 bits per heavy atom. The van der Waals surface area contributed by atoms with E-state index in [0.717, 1.165) is 48.9 Å². The molecule has 1 saturated carbocycles. The molecule has 1 aromatic rings. The molecule has 0 bridgehead atoms. The van der Waals surface area contributed by atoms with Crippen molar-refractivity contribution in [2.75, 3.05) is 30.8 Å². The molecule has 0 spiro atoms. The molecule has 20 heavy (non-hydrogen) atoms. The highest BCUT2D eigenvalue weighted by Crippen LogP contribution is 2.38. The summed E-state index contributed by atoms with van der Waals surface area (Å²) in [6.07, 6.45) is 2.99. The zero-order valence-corrected chi connectivity index (χ0v) is 13.1. The smallest absolute Gasteiger partial charge is 0.178 e. The molecule has 1 fully saturated rings. The highest BCUT2D eigenvalue weighted by atomic mass is 32.1. The fourth-order valence-electron chi connectivity index (χ4n) is 1.92. The number of hydrogen-bond donors (Lipinski definition) is 2. The highest BCUT2D eigenvalue weighted by Gasteiger charge is 2.32. The van der Waals surface area contributed by atoms with Crippen LogP contribution in [0.1, 0.15) is 42.8 Å². The van der Waals surface area contributed by atoms with Gasteiger partial charge < -0.3 is 15.8 Å². The van der Waals surface area contributed by atoms with Crippen molar-refractivity contribution in [1.82, 2.24) is 0 Å². The number of anilines is 2. The van der Waals surface area contributed by atoms with Gasteiger partial charge in [-0.3, -0.25) is 4.79 Å². The predicted molar refractivity (Wildman–Crippen MR) is 84.5 cm³/mol. The SMILES string of the molecule is CC(C)COCCCNc1cc(N)c(C(=O)C2CC2)s1. The summed E-state index contributed by atoms with van der Waals surface area (Å²) in [6.45, 7) is 6.71. The van der Waals surface area contributed by atoms with Crippen LogP contribution in [0.2, 0.25) is 0 Å². The molecule has 4 nitrogen and oxygen atoms in total. The summed E-state index contributed by atoms with van der Waals surface area (Å²) in [4.78, 5) is 12.7. The van der Waals surface area contributed by atoms with Crippen molar-refractivity contribution >= 4 is 27.8 Å². The molecule has 1 aliphatic carbocycles. The molecule has 0 aromatic carbocycles. The molecular weight excluding hydrogens is 272 g/mol. The number of carbonyl (C=O) groups is 1. The van der Waals surface area contributed by atoms with Gasteiger partial charge in [0, 0.05) is 25.7 Å². The predicted octanol–water partition coefficient (Wildman–Crippen LogP) is 3.40. The lowest BCUT2D eigenvalue weighted by Crippen LogP contribution is -2.07. The van der Waals surface area contributed by atoms with E-state index in [9.17, 15) is 4.79 Å². The molecule has 5 heteroatoms. The van der Waals surface area contributed by atoms with Crippen LogP contribution in [0.4, 0.5) is 10.7 Å². The average Bonchev–Trinajstić information content (AvgIpc) is 3.17. The minimum atomic E-state index is 0.223.